The number of aryl methyl sites for hydroxylation is 1. The second-order valence-corrected chi connectivity index (χ2v) is 12.3. The predicted octanol–water partition coefficient (Wildman–Crippen LogP) is 9.18. The van der Waals surface area contributed by atoms with Crippen LogP contribution in [-0.2, 0) is 9.59 Å². The molecule has 0 spiro atoms. The van der Waals surface area contributed by atoms with Crippen LogP contribution in [0.3, 0.4) is 0 Å². The monoisotopic (exact) mass is 665 g/mol. The van der Waals surface area contributed by atoms with Gasteiger partial charge in [0.25, 0.3) is 11.8 Å². The van der Waals surface area contributed by atoms with E-state index in [0.717, 1.165) is 21.7 Å². The average molecular weight is 667 g/mol. The van der Waals surface area contributed by atoms with Crippen LogP contribution in [0, 0.1) is 6.92 Å². The summed E-state index contributed by atoms with van der Waals surface area (Å²) in [6, 6.07) is 37.8. The topological polar surface area (TPSA) is 87.3 Å². The average Bonchev–Trinajstić information content (AvgIpc) is 3.07. The van der Waals surface area contributed by atoms with Crippen LogP contribution < -0.4 is 16.0 Å². The number of amides is 3. The molecule has 0 aromatic heterocycles. The van der Waals surface area contributed by atoms with E-state index in [1.807, 2.05) is 73.7 Å². The molecule has 0 saturated heterocycles. The molecule has 0 aliphatic rings. The fraction of sp³-hybridized carbons (Fsp3) is 0.0541. The van der Waals surface area contributed by atoms with E-state index in [-0.39, 0.29) is 11.6 Å². The van der Waals surface area contributed by atoms with Crippen molar-refractivity contribution in [2.75, 3.05) is 10.6 Å². The van der Waals surface area contributed by atoms with Crippen molar-refractivity contribution >= 4 is 70.1 Å². The summed E-state index contributed by atoms with van der Waals surface area (Å²) in [7, 11) is 0. The van der Waals surface area contributed by atoms with Crippen LogP contribution in [0.15, 0.2) is 138 Å². The maximum Gasteiger partial charge on any atom is 0.272 e. The van der Waals surface area contributed by atoms with Crippen molar-refractivity contribution in [1.29, 1.82) is 0 Å². The third kappa shape index (κ3) is 8.67. The summed E-state index contributed by atoms with van der Waals surface area (Å²) in [4.78, 5) is 40.8. The van der Waals surface area contributed by atoms with Crippen molar-refractivity contribution in [2.45, 2.75) is 17.1 Å². The highest BCUT2D eigenvalue weighted by atomic mass is 35.5. The van der Waals surface area contributed by atoms with Gasteiger partial charge in [0.2, 0.25) is 5.91 Å². The fourth-order valence-electron chi connectivity index (χ4n) is 4.48. The first-order chi connectivity index (χ1) is 22.3. The third-order valence-corrected chi connectivity index (χ3v) is 8.73. The van der Waals surface area contributed by atoms with Crippen molar-refractivity contribution in [1.82, 2.24) is 5.32 Å². The Kier molecular flexibility index (Phi) is 10.9. The molecule has 0 radical (unpaired) electrons. The lowest BCUT2D eigenvalue weighted by molar-refractivity contribution is -0.116. The number of carbonyl (C=O) groups is 3. The Morgan fingerprint density at radius 1 is 0.739 bits per heavy atom. The van der Waals surface area contributed by atoms with Gasteiger partial charge in [0.05, 0.1) is 0 Å². The van der Waals surface area contributed by atoms with Gasteiger partial charge in [0, 0.05) is 31.9 Å². The number of halogens is 2. The summed E-state index contributed by atoms with van der Waals surface area (Å²) in [5, 5.41) is 8.86. The summed E-state index contributed by atoms with van der Waals surface area (Å²) >= 11 is 13.8. The second-order valence-electron chi connectivity index (χ2n) is 10.2. The van der Waals surface area contributed by atoms with Crippen molar-refractivity contribution < 1.29 is 14.4 Å². The molecule has 1 unspecified atom stereocenters. The lowest BCUT2D eigenvalue weighted by Crippen LogP contribution is -2.30. The summed E-state index contributed by atoms with van der Waals surface area (Å²) in [5.74, 6) is -1.14. The van der Waals surface area contributed by atoms with Gasteiger partial charge in [0.1, 0.15) is 10.9 Å². The summed E-state index contributed by atoms with van der Waals surface area (Å²) in [6.45, 7) is 1.95. The van der Waals surface area contributed by atoms with Gasteiger partial charge in [-0.1, -0.05) is 96.0 Å². The molecule has 0 saturated carbocycles. The zero-order chi connectivity index (χ0) is 32.5. The predicted molar refractivity (Wildman–Crippen MR) is 188 cm³/mol. The van der Waals surface area contributed by atoms with Gasteiger partial charge in [-0.3, -0.25) is 14.4 Å². The number of hydrogen-bond donors (Lipinski definition) is 3. The molecule has 0 fully saturated rings. The summed E-state index contributed by atoms with van der Waals surface area (Å²) < 4.78 is 0. The van der Waals surface area contributed by atoms with E-state index in [1.54, 1.807) is 60.7 Å². The van der Waals surface area contributed by atoms with E-state index in [4.69, 9.17) is 23.2 Å². The van der Waals surface area contributed by atoms with Crippen molar-refractivity contribution in [3.8, 4) is 0 Å². The fourth-order valence-corrected chi connectivity index (χ4v) is 5.97. The SMILES string of the molecule is Cc1ccccc1NC(=O)C(Sc1ccc(NC(=O)/C(=C/c2ccc(Cl)cc2Cl)NC(=O)c2ccccc2)cc1)c1ccccc1. The van der Waals surface area contributed by atoms with Crippen LogP contribution >= 0.6 is 35.0 Å². The van der Waals surface area contributed by atoms with Crippen LogP contribution in [0.5, 0.6) is 0 Å². The Morgan fingerprint density at radius 2 is 1.39 bits per heavy atom. The number of para-hydroxylation sites is 1. The Morgan fingerprint density at radius 3 is 2.07 bits per heavy atom. The molecular weight excluding hydrogens is 637 g/mol. The maximum absolute atomic E-state index is 13.5. The van der Waals surface area contributed by atoms with Crippen LogP contribution in [0.4, 0.5) is 11.4 Å². The van der Waals surface area contributed by atoms with Gasteiger partial charge < -0.3 is 16.0 Å². The Labute approximate surface area is 281 Å². The highest BCUT2D eigenvalue weighted by Gasteiger charge is 2.23. The number of nitrogens with one attached hydrogen (secondary N) is 3. The molecule has 0 heterocycles. The Hall–Kier alpha value is -4.82. The minimum Gasteiger partial charge on any atom is -0.325 e. The van der Waals surface area contributed by atoms with E-state index in [0.29, 0.717) is 26.9 Å². The van der Waals surface area contributed by atoms with Gasteiger partial charge in [-0.05, 0) is 84.3 Å². The molecule has 3 N–H and O–H groups in total. The molecule has 46 heavy (non-hydrogen) atoms. The first kappa shape index (κ1) is 32.6. The normalized spacial score (nSPS) is 11.8. The van der Waals surface area contributed by atoms with Crippen molar-refractivity contribution in [2.24, 2.45) is 0 Å². The minimum absolute atomic E-state index is 0.00598. The molecule has 6 nitrogen and oxygen atoms in total. The number of carbonyl (C=O) groups excluding carboxylic acids is 3. The highest BCUT2D eigenvalue weighted by molar-refractivity contribution is 8.00. The van der Waals surface area contributed by atoms with Gasteiger partial charge in [-0.2, -0.15) is 0 Å². The summed E-state index contributed by atoms with van der Waals surface area (Å²) in [5.41, 5.74) is 3.98. The lowest BCUT2D eigenvalue weighted by atomic mass is 10.1. The van der Waals surface area contributed by atoms with E-state index < -0.39 is 17.1 Å². The van der Waals surface area contributed by atoms with Crippen LogP contribution in [0.1, 0.15) is 32.3 Å². The molecule has 5 aromatic carbocycles. The maximum atomic E-state index is 13.5. The lowest BCUT2D eigenvalue weighted by Gasteiger charge is -2.18. The minimum atomic E-state index is -0.546. The number of anilines is 2. The van der Waals surface area contributed by atoms with E-state index in [1.165, 1.54) is 17.8 Å². The van der Waals surface area contributed by atoms with E-state index in [9.17, 15) is 14.4 Å². The van der Waals surface area contributed by atoms with Crippen LogP contribution in [0.2, 0.25) is 10.0 Å². The molecule has 230 valence electrons. The molecule has 3 amide bonds. The molecule has 9 heteroatoms. The number of benzene rings is 5. The third-order valence-electron chi connectivity index (χ3n) is 6.90. The molecule has 0 aliphatic heterocycles. The van der Waals surface area contributed by atoms with Crippen molar-refractivity contribution in [3.05, 3.63) is 165 Å². The van der Waals surface area contributed by atoms with Crippen LogP contribution in [0.25, 0.3) is 6.08 Å². The van der Waals surface area contributed by atoms with E-state index >= 15 is 0 Å². The van der Waals surface area contributed by atoms with Gasteiger partial charge in [0.15, 0.2) is 0 Å². The molecule has 0 bridgehead atoms. The zero-order valence-corrected chi connectivity index (χ0v) is 27.0. The van der Waals surface area contributed by atoms with Crippen LogP contribution in [-0.4, -0.2) is 17.7 Å². The number of rotatable bonds is 10. The molecule has 0 aliphatic carbocycles. The summed E-state index contributed by atoms with van der Waals surface area (Å²) in [6.07, 6.45) is 1.50. The van der Waals surface area contributed by atoms with Gasteiger partial charge in [-0.15, -0.1) is 11.8 Å². The zero-order valence-electron chi connectivity index (χ0n) is 24.7. The number of thioether (sulfide) groups is 1. The Bertz CT molecular complexity index is 1880. The second kappa shape index (κ2) is 15.5. The molecule has 5 rings (SSSR count). The van der Waals surface area contributed by atoms with E-state index in [2.05, 4.69) is 16.0 Å². The first-order valence-electron chi connectivity index (χ1n) is 14.3. The first-order valence-corrected chi connectivity index (χ1v) is 15.9. The quantitative estimate of drug-likeness (QED) is 0.103. The highest BCUT2D eigenvalue weighted by Crippen LogP contribution is 2.37. The number of hydrogen-bond acceptors (Lipinski definition) is 4. The van der Waals surface area contributed by atoms with Gasteiger partial charge in [-0.25, -0.2) is 0 Å². The smallest absolute Gasteiger partial charge is 0.272 e. The largest absolute Gasteiger partial charge is 0.325 e. The molecular formula is C37H29Cl2N3O3S. The van der Waals surface area contributed by atoms with Crippen molar-refractivity contribution in [3.63, 3.8) is 0 Å². The molecule has 1 atom stereocenters. The Balaban J connectivity index is 1.34. The van der Waals surface area contributed by atoms with Gasteiger partial charge >= 0.3 is 0 Å². The standard InChI is InChI=1S/C37H29Cl2N3O3S/c1-24-10-8-9-15-32(24)41-37(45)34(25-11-4-2-5-12-25)46-30-20-18-29(19-21-30)40-36(44)33(22-27-16-17-28(38)23-31(27)39)42-35(43)26-13-6-3-7-14-26/h2-23,34H,1H3,(H,40,44)(H,41,45)(H,42,43)/b33-22-. The molecule has 5 aromatic rings.